The second kappa shape index (κ2) is 10.6. The van der Waals surface area contributed by atoms with Crippen molar-refractivity contribution in [1.82, 2.24) is 10.3 Å². The van der Waals surface area contributed by atoms with Gasteiger partial charge in [0.1, 0.15) is 10.8 Å². The first kappa shape index (κ1) is 23.6. The van der Waals surface area contributed by atoms with E-state index >= 15 is 0 Å². The first-order chi connectivity index (χ1) is 16.4. The summed E-state index contributed by atoms with van der Waals surface area (Å²) in [4.78, 5) is 29.4. The largest absolute Gasteiger partial charge is 0.349 e. The molecule has 4 rings (SSSR count). The van der Waals surface area contributed by atoms with Gasteiger partial charge in [0.05, 0.1) is 23.2 Å². The minimum atomic E-state index is -0.396. The van der Waals surface area contributed by atoms with Crippen LogP contribution in [0.15, 0.2) is 78.2 Å². The molecule has 0 fully saturated rings. The normalized spacial score (nSPS) is 11.6. The number of amides is 2. The van der Waals surface area contributed by atoms with E-state index in [0.717, 1.165) is 16.1 Å². The topological polar surface area (TPSA) is 71.1 Å². The van der Waals surface area contributed by atoms with Crippen molar-refractivity contribution in [2.24, 2.45) is 0 Å². The Morgan fingerprint density at radius 1 is 1.03 bits per heavy atom. The first-order valence-corrected chi connectivity index (χ1v) is 11.8. The monoisotopic (exact) mass is 493 g/mol. The summed E-state index contributed by atoms with van der Waals surface area (Å²) in [6, 6.07) is 19.8. The smallest absolute Gasteiger partial charge is 0.255 e. The molecule has 0 aliphatic rings. The quantitative estimate of drug-likeness (QED) is 0.318. The summed E-state index contributed by atoms with van der Waals surface area (Å²) < 4.78 is 13.0. The fourth-order valence-electron chi connectivity index (χ4n) is 3.35. The van der Waals surface area contributed by atoms with E-state index in [9.17, 15) is 14.0 Å². The molecule has 0 radical (unpaired) electrons. The number of halogens is 2. The Kier molecular flexibility index (Phi) is 7.35. The molecule has 0 aliphatic carbocycles. The molecule has 0 aliphatic heterocycles. The van der Waals surface area contributed by atoms with Gasteiger partial charge >= 0.3 is 0 Å². The molecule has 1 unspecified atom stereocenters. The van der Waals surface area contributed by atoms with Crippen molar-refractivity contribution in [3.63, 3.8) is 0 Å². The van der Waals surface area contributed by atoms with E-state index in [1.54, 1.807) is 12.1 Å². The highest BCUT2D eigenvalue weighted by Crippen LogP contribution is 2.30. The number of hydrogen-bond donors (Lipinski definition) is 2. The van der Waals surface area contributed by atoms with E-state index in [2.05, 4.69) is 15.6 Å². The van der Waals surface area contributed by atoms with E-state index in [1.807, 2.05) is 48.7 Å². The highest BCUT2D eigenvalue weighted by molar-refractivity contribution is 7.13. The van der Waals surface area contributed by atoms with Crippen LogP contribution in [0.1, 0.15) is 34.6 Å². The highest BCUT2D eigenvalue weighted by atomic mass is 35.5. The Morgan fingerprint density at radius 3 is 2.44 bits per heavy atom. The maximum absolute atomic E-state index is 13.0. The molecule has 0 saturated heterocycles. The second-order valence-electron chi connectivity index (χ2n) is 7.67. The number of nitrogens with one attached hydrogen (secondary N) is 2. The maximum atomic E-state index is 13.0. The van der Waals surface area contributed by atoms with Crippen molar-refractivity contribution in [2.45, 2.75) is 19.4 Å². The van der Waals surface area contributed by atoms with Gasteiger partial charge in [0.15, 0.2) is 0 Å². The molecular formula is C26H21ClFN3O2S. The van der Waals surface area contributed by atoms with Gasteiger partial charge in [-0.2, -0.15) is 0 Å². The van der Waals surface area contributed by atoms with Gasteiger partial charge in [0.2, 0.25) is 5.91 Å². The molecule has 0 saturated carbocycles. The number of anilines is 1. The van der Waals surface area contributed by atoms with Crippen molar-refractivity contribution in [1.29, 1.82) is 0 Å². The van der Waals surface area contributed by atoms with E-state index in [0.29, 0.717) is 22.0 Å². The van der Waals surface area contributed by atoms with Gasteiger partial charge < -0.3 is 10.6 Å². The lowest BCUT2D eigenvalue weighted by Gasteiger charge is -2.15. The van der Waals surface area contributed by atoms with Crippen LogP contribution in [-0.4, -0.2) is 16.8 Å². The second-order valence-corrected chi connectivity index (χ2v) is 8.94. The summed E-state index contributed by atoms with van der Waals surface area (Å²) in [7, 11) is 0. The van der Waals surface area contributed by atoms with Crippen LogP contribution in [0.2, 0.25) is 5.02 Å². The zero-order chi connectivity index (χ0) is 24.1. The summed E-state index contributed by atoms with van der Waals surface area (Å²) in [6.45, 7) is 1.89. The molecule has 1 aromatic heterocycles. The summed E-state index contributed by atoms with van der Waals surface area (Å²) >= 11 is 7.69. The van der Waals surface area contributed by atoms with Gasteiger partial charge in [-0.1, -0.05) is 41.9 Å². The van der Waals surface area contributed by atoms with Crippen molar-refractivity contribution in [2.75, 3.05) is 5.32 Å². The summed E-state index contributed by atoms with van der Waals surface area (Å²) in [5.41, 5.74) is 3.39. The molecule has 1 atom stereocenters. The van der Waals surface area contributed by atoms with E-state index in [1.165, 1.54) is 35.6 Å². The lowest BCUT2D eigenvalue weighted by atomic mass is 10.1. The minimum Gasteiger partial charge on any atom is -0.349 e. The molecule has 2 amide bonds. The van der Waals surface area contributed by atoms with Crippen molar-refractivity contribution < 1.29 is 14.0 Å². The number of carbonyl (C=O) groups is 2. The lowest BCUT2D eigenvalue weighted by molar-refractivity contribution is -0.121. The highest BCUT2D eigenvalue weighted by Gasteiger charge is 2.14. The number of hydrogen-bond acceptors (Lipinski definition) is 4. The van der Waals surface area contributed by atoms with Crippen molar-refractivity contribution >= 4 is 40.4 Å². The van der Waals surface area contributed by atoms with Crippen LogP contribution >= 0.6 is 22.9 Å². The Labute approximate surface area is 205 Å². The van der Waals surface area contributed by atoms with Crippen LogP contribution in [0.4, 0.5) is 10.1 Å². The van der Waals surface area contributed by atoms with Gasteiger partial charge in [-0.05, 0) is 55.0 Å². The lowest BCUT2D eigenvalue weighted by Crippen LogP contribution is -2.28. The standard InChI is InChI=1S/C26H21ClFN3O2S/c1-16(17-8-12-20(13-9-17)30-25(33)18-6-10-19(28)11-7-18)29-24(32)14-21-15-34-26(31-21)22-4-2-3-5-23(22)27/h2-13,15-16H,14H2,1H3,(H,29,32)(H,30,33). The molecule has 34 heavy (non-hydrogen) atoms. The Hall–Kier alpha value is -3.55. The Balaban J connectivity index is 1.32. The summed E-state index contributed by atoms with van der Waals surface area (Å²) in [5, 5.41) is 9.01. The zero-order valence-electron chi connectivity index (χ0n) is 18.2. The molecule has 0 spiro atoms. The minimum absolute atomic E-state index is 0.141. The van der Waals surface area contributed by atoms with Crippen LogP contribution < -0.4 is 10.6 Å². The van der Waals surface area contributed by atoms with Gasteiger partial charge in [-0.15, -0.1) is 11.3 Å². The van der Waals surface area contributed by atoms with Crippen LogP contribution in [0.25, 0.3) is 10.6 Å². The summed E-state index contributed by atoms with van der Waals surface area (Å²) in [5.74, 6) is -0.863. The molecule has 2 N–H and O–H groups in total. The molecular weight excluding hydrogens is 473 g/mol. The predicted octanol–water partition coefficient (Wildman–Crippen LogP) is 6.27. The third-order valence-electron chi connectivity index (χ3n) is 5.15. The Bertz CT molecular complexity index is 1310. The van der Waals surface area contributed by atoms with E-state index in [4.69, 9.17) is 11.6 Å². The molecule has 8 heteroatoms. The van der Waals surface area contributed by atoms with Gasteiger partial charge in [0, 0.05) is 22.2 Å². The average molecular weight is 494 g/mol. The van der Waals surface area contributed by atoms with Gasteiger partial charge in [0.25, 0.3) is 5.91 Å². The van der Waals surface area contributed by atoms with Crippen LogP contribution in [-0.2, 0) is 11.2 Å². The maximum Gasteiger partial charge on any atom is 0.255 e. The fourth-order valence-corrected chi connectivity index (χ4v) is 4.49. The molecule has 4 aromatic rings. The van der Waals surface area contributed by atoms with Crippen molar-refractivity contribution in [3.05, 3.63) is 106 Å². The van der Waals surface area contributed by atoms with Crippen LogP contribution in [0, 0.1) is 5.82 Å². The number of benzene rings is 3. The number of nitrogens with zero attached hydrogens (tertiary/aromatic N) is 1. The molecule has 1 heterocycles. The van der Waals surface area contributed by atoms with Gasteiger partial charge in [-0.3, -0.25) is 9.59 Å². The van der Waals surface area contributed by atoms with E-state index in [-0.39, 0.29) is 24.3 Å². The molecule has 3 aromatic carbocycles. The predicted molar refractivity (Wildman–Crippen MR) is 134 cm³/mol. The Morgan fingerprint density at radius 2 is 1.74 bits per heavy atom. The molecule has 172 valence electrons. The fraction of sp³-hybridized carbons (Fsp3) is 0.115. The number of thiazole rings is 1. The number of aromatic nitrogens is 1. The van der Waals surface area contributed by atoms with Crippen molar-refractivity contribution in [3.8, 4) is 10.6 Å². The van der Waals surface area contributed by atoms with E-state index < -0.39 is 5.82 Å². The SMILES string of the molecule is CC(NC(=O)Cc1csc(-c2ccccc2Cl)n1)c1ccc(NC(=O)c2ccc(F)cc2)cc1. The third kappa shape index (κ3) is 5.87. The number of rotatable bonds is 7. The zero-order valence-corrected chi connectivity index (χ0v) is 19.8. The van der Waals surface area contributed by atoms with Crippen LogP contribution in [0.5, 0.6) is 0 Å². The first-order valence-electron chi connectivity index (χ1n) is 10.5. The van der Waals surface area contributed by atoms with Crippen LogP contribution in [0.3, 0.4) is 0 Å². The molecule has 5 nitrogen and oxygen atoms in total. The summed E-state index contributed by atoms with van der Waals surface area (Å²) in [6.07, 6.45) is 0.164. The molecule has 0 bridgehead atoms. The number of carbonyl (C=O) groups excluding carboxylic acids is 2. The average Bonchev–Trinajstić information content (AvgIpc) is 3.28. The third-order valence-corrected chi connectivity index (χ3v) is 6.40. The van der Waals surface area contributed by atoms with Gasteiger partial charge in [-0.25, -0.2) is 9.37 Å².